The topological polar surface area (TPSA) is 73.9 Å². The number of carbonyl (C=O) groups excluding carboxylic acids is 2. The Morgan fingerprint density at radius 1 is 1.08 bits per heavy atom. The number of benzene rings is 2. The molecule has 3 rings (SSSR count). The summed E-state index contributed by atoms with van der Waals surface area (Å²) in [6.45, 7) is 4.31. The van der Waals surface area contributed by atoms with Crippen LogP contribution in [-0.4, -0.2) is 31.5 Å². The van der Waals surface area contributed by atoms with Crippen molar-refractivity contribution in [3.05, 3.63) is 48.0 Å². The molecule has 0 bridgehead atoms. The molecule has 1 aliphatic heterocycles. The summed E-state index contributed by atoms with van der Waals surface area (Å²) in [6, 6.07) is 12.3. The van der Waals surface area contributed by atoms with Crippen LogP contribution in [0.5, 0.6) is 17.2 Å². The smallest absolute Gasteiger partial charge is 0.262 e. The fourth-order valence-electron chi connectivity index (χ4n) is 2.56. The highest BCUT2D eigenvalue weighted by atomic mass is 16.6. The summed E-state index contributed by atoms with van der Waals surface area (Å²) < 4.78 is 16.5. The maximum atomic E-state index is 12.5. The maximum Gasteiger partial charge on any atom is 0.262 e. The first-order valence-corrected chi connectivity index (χ1v) is 8.50. The van der Waals surface area contributed by atoms with E-state index in [-0.39, 0.29) is 24.2 Å². The zero-order valence-corrected chi connectivity index (χ0v) is 14.8. The number of fused-ring (bicyclic) bond motifs is 1. The van der Waals surface area contributed by atoms with E-state index in [1.165, 1.54) is 0 Å². The largest absolute Gasteiger partial charge is 0.486 e. The van der Waals surface area contributed by atoms with E-state index in [0.717, 1.165) is 0 Å². The van der Waals surface area contributed by atoms with Gasteiger partial charge in [-0.3, -0.25) is 9.59 Å². The number of hydrogen-bond acceptors (Lipinski definition) is 5. The third-order valence-corrected chi connectivity index (χ3v) is 3.86. The summed E-state index contributed by atoms with van der Waals surface area (Å²) in [4.78, 5) is 24.8. The molecule has 2 aromatic carbocycles. The molecule has 0 aliphatic carbocycles. The summed E-state index contributed by atoms with van der Waals surface area (Å²) in [5.74, 6) is 0.969. The van der Waals surface area contributed by atoms with Crippen molar-refractivity contribution in [1.82, 2.24) is 0 Å². The van der Waals surface area contributed by atoms with Crippen molar-refractivity contribution in [2.24, 2.45) is 5.92 Å². The molecule has 6 nitrogen and oxygen atoms in total. The van der Waals surface area contributed by atoms with Gasteiger partial charge in [-0.2, -0.15) is 0 Å². The summed E-state index contributed by atoms with van der Waals surface area (Å²) in [5.41, 5.74) is 0.798. The van der Waals surface area contributed by atoms with Crippen LogP contribution < -0.4 is 19.5 Å². The molecule has 136 valence electrons. The van der Waals surface area contributed by atoms with Gasteiger partial charge < -0.3 is 19.5 Å². The number of ketones is 1. The van der Waals surface area contributed by atoms with Crippen LogP contribution in [0.2, 0.25) is 0 Å². The van der Waals surface area contributed by atoms with Crippen molar-refractivity contribution < 1.29 is 23.8 Å². The minimum atomic E-state index is -0.358. The lowest BCUT2D eigenvalue weighted by atomic mass is 9.98. The SMILES string of the molecule is CC(C)C(=O)c1cc2c(cc1NC(=O)COc1ccccc1)OCCO2. The van der Waals surface area contributed by atoms with Crippen molar-refractivity contribution in [2.45, 2.75) is 13.8 Å². The maximum absolute atomic E-state index is 12.5. The fraction of sp³-hybridized carbons (Fsp3) is 0.300. The van der Waals surface area contributed by atoms with E-state index in [4.69, 9.17) is 14.2 Å². The van der Waals surface area contributed by atoms with E-state index in [1.54, 1.807) is 24.3 Å². The lowest BCUT2D eigenvalue weighted by molar-refractivity contribution is -0.118. The van der Waals surface area contributed by atoms with Crippen molar-refractivity contribution in [2.75, 3.05) is 25.1 Å². The molecule has 26 heavy (non-hydrogen) atoms. The number of nitrogens with one attached hydrogen (secondary N) is 1. The molecule has 6 heteroatoms. The molecular formula is C20H21NO5. The van der Waals surface area contributed by atoms with Crippen LogP contribution in [-0.2, 0) is 4.79 Å². The number of amides is 1. The van der Waals surface area contributed by atoms with Crippen LogP contribution >= 0.6 is 0 Å². The van der Waals surface area contributed by atoms with Crippen LogP contribution in [0.1, 0.15) is 24.2 Å². The molecule has 0 radical (unpaired) electrons. The van der Waals surface area contributed by atoms with E-state index < -0.39 is 0 Å². The van der Waals surface area contributed by atoms with Crippen molar-refractivity contribution >= 4 is 17.4 Å². The first kappa shape index (κ1) is 17.8. The van der Waals surface area contributed by atoms with Gasteiger partial charge in [0.15, 0.2) is 23.9 Å². The van der Waals surface area contributed by atoms with Gasteiger partial charge in [-0.05, 0) is 18.2 Å². The first-order valence-electron chi connectivity index (χ1n) is 8.50. The average molecular weight is 355 g/mol. The summed E-state index contributed by atoms with van der Waals surface area (Å²) in [7, 11) is 0. The Labute approximate surface area is 152 Å². The van der Waals surface area contributed by atoms with Crippen molar-refractivity contribution in [3.8, 4) is 17.2 Å². The second-order valence-corrected chi connectivity index (χ2v) is 6.21. The Morgan fingerprint density at radius 3 is 2.38 bits per heavy atom. The van der Waals surface area contributed by atoms with E-state index in [2.05, 4.69) is 5.32 Å². The van der Waals surface area contributed by atoms with Crippen LogP contribution in [0, 0.1) is 5.92 Å². The minimum Gasteiger partial charge on any atom is -0.486 e. The second kappa shape index (κ2) is 7.91. The molecule has 0 spiro atoms. The molecule has 0 fully saturated rings. The molecule has 1 heterocycles. The van der Waals surface area contributed by atoms with Crippen LogP contribution in [0.4, 0.5) is 5.69 Å². The lowest BCUT2D eigenvalue weighted by Gasteiger charge is -2.21. The third kappa shape index (κ3) is 4.14. The van der Waals surface area contributed by atoms with Crippen LogP contribution in [0.25, 0.3) is 0 Å². The van der Waals surface area contributed by atoms with E-state index in [0.29, 0.717) is 41.7 Å². The van der Waals surface area contributed by atoms with E-state index >= 15 is 0 Å². The Morgan fingerprint density at radius 2 is 1.73 bits per heavy atom. The van der Waals surface area contributed by atoms with Gasteiger partial charge in [0, 0.05) is 17.5 Å². The Kier molecular flexibility index (Phi) is 5.41. The van der Waals surface area contributed by atoms with Gasteiger partial charge in [0.1, 0.15) is 19.0 Å². The highest BCUT2D eigenvalue weighted by molar-refractivity contribution is 6.06. The molecule has 0 atom stereocenters. The van der Waals surface area contributed by atoms with Gasteiger partial charge in [0.25, 0.3) is 5.91 Å². The van der Waals surface area contributed by atoms with E-state index in [9.17, 15) is 9.59 Å². The number of hydrogen-bond donors (Lipinski definition) is 1. The predicted molar refractivity (Wildman–Crippen MR) is 97.2 cm³/mol. The number of anilines is 1. The molecule has 1 amide bonds. The van der Waals surface area contributed by atoms with E-state index in [1.807, 2.05) is 32.0 Å². The molecule has 0 saturated heterocycles. The average Bonchev–Trinajstić information content (AvgIpc) is 2.66. The molecule has 0 saturated carbocycles. The third-order valence-electron chi connectivity index (χ3n) is 3.86. The first-order chi connectivity index (χ1) is 12.5. The van der Waals surface area contributed by atoms with Gasteiger partial charge in [-0.1, -0.05) is 32.0 Å². The van der Waals surface area contributed by atoms with Crippen LogP contribution in [0.3, 0.4) is 0 Å². The Hall–Kier alpha value is -3.02. The number of ether oxygens (including phenoxy) is 3. The molecule has 1 aliphatic rings. The molecule has 1 N–H and O–H groups in total. The molecular weight excluding hydrogens is 334 g/mol. The zero-order valence-electron chi connectivity index (χ0n) is 14.8. The highest BCUT2D eigenvalue weighted by Crippen LogP contribution is 2.36. The predicted octanol–water partition coefficient (Wildman–Crippen LogP) is 3.31. The Bertz CT molecular complexity index is 801. The summed E-state index contributed by atoms with van der Waals surface area (Å²) in [5, 5.41) is 2.75. The van der Waals surface area contributed by atoms with Gasteiger partial charge in [0.05, 0.1) is 5.69 Å². The van der Waals surface area contributed by atoms with Gasteiger partial charge >= 0.3 is 0 Å². The second-order valence-electron chi connectivity index (χ2n) is 6.21. The van der Waals surface area contributed by atoms with Gasteiger partial charge in [0.2, 0.25) is 0 Å². The van der Waals surface area contributed by atoms with Crippen LogP contribution in [0.15, 0.2) is 42.5 Å². The normalized spacial score (nSPS) is 12.6. The monoisotopic (exact) mass is 355 g/mol. The highest BCUT2D eigenvalue weighted by Gasteiger charge is 2.22. The summed E-state index contributed by atoms with van der Waals surface area (Å²) >= 11 is 0. The number of para-hydroxylation sites is 1. The molecule has 0 unspecified atom stereocenters. The van der Waals surface area contributed by atoms with Gasteiger partial charge in [-0.25, -0.2) is 0 Å². The van der Waals surface area contributed by atoms with Crippen molar-refractivity contribution in [3.63, 3.8) is 0 Å². The number of rotatable bonds is 6. The zero-order chi connectivity index (χ0) is 18.5. The number of Topliss-reactive ketones (excluding diaryl/α,β-unsaturated/α-hetero) is 1. The fourth-order valence-corrected chi connectivity index (χ4v) is 2.56. The Balaban J connectivity index is 1.78. The minimum absolute atomic E-state index is 0.0822. The summed E-state index contributed by atoms with van der Waals surface area (Å²) in [6.07, 6.45) is 0. The van der Waals surface area contributed by atoms with Gasteiger partial charge in [-0.15, -0.1) is 0 Å². The van der Waals surface area contributed by atoms with Crippen molar-refractivity contribution in [1.29, 1.82) is 0 Å². The quantitative estimate of drug-likeness (QED) is 0.805. The standard InChI is InChI=1S/C20H21NO5/c1-13(2)20(23)15-10-17-18(25-9-8-24-17)11-16(15)21-19(22)12-26-14-6-4-3-5-7-14/h3-7,10-11,13H,8-9,12H2,1-2H3,(H,21,22). The lowest BCUT2D eigenvalue weighted by Crippen LogP contribution is -2.23. The molecule has 2 aromatic rings. The molecule has 0 aromatic heterocycles. The number of carbonyl (C=O) groups is 2.